The standard InChI is InChI=1S/C10H10N2O6/c13-9(5-18-6-10(14)15)11-7-2-1-3-8(4-7)12(16)17/h1-4H,5-6H2,(H,11,13)(H,14,15)/p-1. The van der Waals surface area contributed by atoms with Crippen molar-refractivity contribution in [3.8, 4) is 0 Å². The minimum atomic E-state index is -1.43. The molecule has 1 aromatic rings. The second kappa shape index (κ2) is 6.30. The normalized spacial score (nSPS) is 9.78. The molecule has 1 rings (SSSR count). The van der Waals surface area contributed by atoms with Gasteiger partial charge in [0, 0.05) is 17.8 Å². The molecule has 0 saturated heterocycles. The van der Waals surface area contributed by atoms with Gasteiger partial charge in [-0.25, -0.2) is 0 Å². The van der Waals surface area contributed by atoms with E-state index in [2.05, 4.69) is 10.1 Å². The van der Waals surface area contributed by atoms with Crippen molar-refractivity contribution in [1.29, 1.82) is 0 Å². The smallest absolute Gasteiger partial charge is 0.271 e. The van der Waals surface area contributed by atoms with Crippen LogP contribution in [0.4, 0.5) is 11.4 Å². The van der Waals surface area contributed by atoms with Gasteiger partial charge in [0.2, 0.25) is 5.91 Å². The Morgan fingerprint density at radius 3 is 2.67 bits per heavy atom. The number of nitro benzene ring substituents is 1. The maximum atomic E-state index is 11.3. The second-order valence-corrected chi connectivity index (χ2v) is 3.22. The van der Waals surface area contributed by atoms with E-state index in [0.29, 0.717) is 0 Å². The molecule has 8 heteroatoms. The van der Waals surface area contributed by atoms with Crippen LogP contribution in [0.15, 0.2) is 24.3 Å². The summed E-state index contributed by atoms with van der Waals surface area (Å²) in [6, 6.07) is 5.33. The Bertz CT molecular complexity index is 473. The zero-order valence-electron chi connectivity index (χ0n) is 9.12. The third kappa shape index (κ3) is 4.58. The lowest BCUT2D eigenvalue weighted by Gasteiger charge is -2.06. The van der Waals surface area contributed by atoms with E-state index in [1.165, 1.54) is 24.3 Å². The summed E-state index contributed by atoms with van der Waals surface area (Å²) in [5, 5.41) is 22.8. The van der Waals surface area contributed by atoms with Crippen LogP contribution in [0.2, 0.25) is 0 Å². The zero-order chi connectivity index (χ0) is 13.5. The number of aliphatic carboxylic acids is 1. The summed E-state index contributed by atoms with van der Waals surface area (Å²) < 4.78 is 4.50. The number of carbonyl (C=O) groups excluding carboxylic acids is 2. The molecular formula is C10H9N2O6-. The highest BCUT2D eigenvalue weighted by Gasteiger charge is 2.08. The first-order valence-electron chi connectivity index (χ1n) is 4.81. The summed E-state index contributed by atoms with van der Waals surface area (Å²) in [4.78, 5) is 31.2. The number of non-ortho nitro benzene ring substituents is 1. The lowest BCUT2D eigenvalue weighted by atomic mass is 10.3. The highest BCUT2D eigenvalue weighted by atomic mass is 16.6. The molecule has 0 heterocycles. The molecule has 0 atom stereocenters. The summed E-state index contributed by atoms with van der Waals surface area (Å²) >= 11 is 0. The minimum Gasteiger partial charge on any atom is -0.548 e. The van der Waals surface area contributed by atoms with Gasteiger partial charge in [-0.2, -0.15) is 0 Å². The molecule has 0 aromatic heterocycles. The van der Waals surface area contributed by atoms with Gasteiger partial charge < -0.3 is 20.0 Å². The molecule has 0 aliphatic rings. The molecule has 18 heavy (non-hydrogen) atoms. The molecule has 0 saturated carbocycles. The molecule has 8 nitrogen and oxygen atoms in total. The number of nitrogens with one attached hydrogen (secondary N) is 1. The van der Waals surface area contributed by atoms with Crippen LogP contribution in [0.1, 0.15) is 0 Å². The SMILES string of the molecule is O=C([O-])COCC(=O)Nc1cccc([N+](=O)[O-])c1. The number of hydrogen-bond acceptors (Lipinski definition) is 6. The van der Waals surface area contributed by atoms with Gasteiger partial charge in [0.25, 0.3) is 5.69 Å². The van der Waals surface area contributed by atoms with Crippen molar-refractivity contribution < 1.29 is 24.4 Å². The Morgan fingerprint density at radius 2 is 2.06 bits per heavy atom. The van der Waals surface area contributed by atoms with Gasteiger partial charge in [-0.05, 0) is 6.07 Å². The Morgan fingerprint density at radius 1 is 1.33 bits per heavy atom. The summed E-state index contributed by atoms with van der Waals surface area (Å²) in [5.41, 5.74) is 0.0645. The fourth-order valence-corrected chi connectivity index (χ4v) is 1.12. The van der Waals surface area contributed by atoms with Crippen molar-refractivity contribution in [2.24, 2.45) is 0 Å². The average Bonchev–Trinajstić information content (AvgIpc) is 2.28. The number of carboxylic acids is 1. The van der Waals surface area contributed by atoms with E-state index < -0.39 is 30.0 Å². The average molecular weight is 253 g/mol. The van der Waals surface area contributed by atoms with E-state index in [4.69, 9.17) is 0 Å². The number of ether oxygens (including phenoxy) is 1. The number of nitro groups is 1. The van der Waals surface area contributed by atoms with E-state index in [1.54, 1.807) is 0 Å². The molecule has 0 bridgehead atoms. The predicted octanol–water partition coefficient (Wildman–Crippen LogP) is -0.700. The fourth-order valence-electron chi connectivity index (χ4n) is 1.12. The molecule has 1 amide bonds. The van der Waals surface area contributed by atoms with Crippen molar-refractivity contribution in [3.63, 3.8) is 0 Å². The number of nitrogens with zero attached hydrogens (tertiary/aromatic N) is 1. The maximum absolute atomic E-state index is 11.3. The molecule has 1 N–H and O–H groups in total. The summed E-state index contributed by atoms with van der Waals surface area (Å²) in [5.74, 6) is -2.05. The van der Waals surface area contributed by atoms with Crippen molar-refractivity contribution in [3.05, 3.63) is 34.4 Å². The lowest BCUT2D eigenvalue weighted by Crippen LogP contribution is -2.29. The second-order valence-electron chi connectivity index (χ2n) is 3.22. The Balaban J connectivity index is 2.51. The lowest BCUT2D eigenvalue weighted by molar-refractivity contribution is -0.384. The van der Waals surface area contributed by atoms with Gasteiger partial charge >= 0.3 is 0 Å². The van der Waals surface area contributed by atoms with Crippen molar-refractivity contribution in [2.45, 2.75) is 0 Å². The van der Waals surface area contributed by atoms with Crippen LogP contribution in [0.25, 0.3) is 0 Å². The summed E-state index contributed by atoms with van der Waals surface area (Å²) in [7, 11) is 0. The zero-order valence-corrected chi connectivity index (χ0v) is 9.12. The largest absolute Gasteiger partial charge is 0.548 e. The number of carboxylic acid groups (broad SMARTS) is 1. The first-order valence-corrected chi connectivity index (χ1v) is 4.81. The van der Waals surface area contributed by atoms with Crippen LogP contribution < -0.4 is 10.4 Å². The van der Waals surface area contributed by atoms with E-state index in [0.717, 1.165) is 0 Å². The first-order chi connectivity index (χ1) is 8.49. The van der Waals surface area contributed by atoms with E-state index in [9.17, 15) is 24.8 Å². The number of carbonyl (C=O) groups is 2. The summed E-state index contributed by atoms with van der Waals surface area (Å²) in [6.45, 7) is -1.17. The number of rotatable bonds is 6. The maximum Gasteiger partial charge on any atom is 0.271 e. The van der Waals surface area contributed by atoms with Crippen LogP contribution in [0.3, 0.4) is 0 Å². The highest BCUT2D eigenvalue weighted by Crippen LogP contribution is 2.16. The minimum absolute atomic E-state index is 0.163. The van der Waals surface area contributed by atoms with Crippen LogP contribution in [0, 0.1) is 10.1 Å². The van der Waals surface area contributed by atoms with Gasteiger partial charge in [-0.15, -0.1) is 0 Å². The Hall–Kier alpha value is -2.48. The molecule has 0 radical (unpaired) electrons. The number of benzene rings is 1. The van der Waals surface area contributed by atoms with Crippen molar-refractivity contribution >= 4 is 23.3 Å². The topological polar surface area (TPSA) is 122 Å². The van der Waals surface area contributed by atoms with Crippen LogP contribution in [0.5, 0.6) is 0 Å². The fraction of sp³-hybridized carbons (Fsp3) is 0.200. The Kier molecular flexibility index (Phi) is 4.76. The molecule has 0 aliphatic carbocycles. The van der Waals surface area contributed by atoms with E-state index in [1.807, 2.05) is 0 Å². The third-order valence-corrected chi connectivity index (χ3v) is 1.79. The van der Waals surface area contributed by atoms with Gasteiger partial charge in [0.05, 0.1) is 17.5 Å². The molecule has 0 fully saturated rings. The molecule has 96 valence electrons. The van der Waals surface area contributed by atoms with Gasteiger partial charge in [0.15, 0.2) is 0 Å². The predicted molar refractivity (Wildman–Crippen MR) is 57.6 cm³/mol. The monoisotopic (exact) mass is 253 g/mol. The molecular weight excluding hydrogens is 244 g/mol. The Labute approximate surface area is 101 Å². The third-order valence-electron chi connectivity index (χ3n) is 1.79. The molecule has 1 aromatic carbocycles. The highest BCUT2D eigenvalue weighted by molar-refractivity contribution is 5.92. The number of hydrogen-bond donors (Lipinski definition) is 1. The quantitative estimate of drug-likeness (QED) is 0.528. The number of amides is 1. The van der Waals surface area contributed by atoms with E-state index in [-0.39, 0.29) is 11.4 Å². The van der Waals surface area contributed by atoms with Crippen molar-refractivity contribution in [1.82, 2.24) is 0 Å². The molecule has 0 unspecified atom stereocenters. The van der Waals surface area contributed by atoms with Gasteiger partial charge in [0.1, 0.15) is 6.61 Å². The van der Waals surface area contributed by atoms with Crippen LogP contribution in [-0.4, -0.2) is 30.0 Å². The van der Waals surface area contributed by atoms with Gasteiger partial charge in [-0.1, -0.05) is 6.07 Å². The van der Waals surface area contributed by atoms with E-state index >= 15 is 0 Å². The molecule has 0 spiro atoms. The van der Waals surface area contributed by atoms with Gasteiger partial charge in [-0.3, -0.25) is 14.9 Å². The number of anilines is 1. The first kappa shape index (κ1) is 13.6. The summed E-state index contributed by atoms with van der Waals surface area (Å²) in [6.07, 6.45) is 0. The van der Waals surface area contributed by atoms with Crippen LogP contribution in [-0.2, 0) is 14.3 Å². The molecule has 0 aliphatic heterocycles. The van der Waals surface area contributed by atoms with Crippen molar-refractivity contribution in [2.75, 3.05) is 18.5 Å². The van der Waals surface area contributed by atoms with Crippen LogP contribution >= 0.6 is 0 Å².